The summed E-state index contributed by atoms with van der Waals surface area (Å²) in [6, 6.07) is 13.2. The van der Waals surface area contributed by atoms with Gasteiger partial charge in [-0.05, 0) is 42.7 Å². The molecular formula is C19H20N4O4S2. The predicted octanol–water partition coefficient (Wildman–Crippen LogP) is 2.36. The topological polar surface area (TPSA) is 101 Å². The normalized spacial score (nSPS) is 14.4. The molecule has 0 spiro atoms. The van der Waals surface area contributed by atoms with Gasteiger partial charge in [0.25, 0.3) is 20.0 Å². The number of fused-ring (bicyclic) bond motifs is 1. The smallest absolute Gasteiger partial charge is 0.280 e. The number of aryl methyl sites for hydroxylation is 2. The SMILES string of the molecule is Cn1cnc(S(=O)(=O)Nc2ccc3c(c2)N(S(=O)(=O)c2ccccc2)CCC3)c1. The Labute approximate surface area is 169 Å². The van der Waals surface area contributed by atoms with Crippen LogP contribution in [0, 0.1) is 0 Å². The molecule has 0 saturated carbocycles. The van der Waals surface area contributed by atoms with Crippen LogP contribution in [0.2, 0.25) is 0 Å². The Morgan fingerprint density at radius 1 is 1.03 bits per heavy atom. The fraction of sp³-hybridized carbons (Fsp3) is 0.211. The molecule has 0 bridgehead atoms. The number of imidazole rings is 1. The molecule has 2 aromatic carbocycles. The molecule has 29 heavy (non-hydrogen) atoms. The van der Waals surface area contributed by atoms with Crippen LogP contribution in [-0.2, 0) is 33.5 Å². The number of aromatic nitrogens is 2. The van der Waals surface area contributed by atoms with Gasteiger partial charge in [0.2, 0.25) is 0 Å². The van der Waals surface area contributed by atoms with Gasteiger partial charge in [0.05, 0.1) is 22.6 Å². The summed E-state index contributed by atoms with van der Waals surface area (Å²) in [4.78, 5) is 4.07. The van der Waals surface area contributed by atoms with Crippen LogP contribution in [0.25, 0.3) is 0 Å². The summed E-state index contributed by atoms with van der Waals surface area (Å²) in [5.41, 5.74) is 1.63. The number of anilines is 2. The Kier molecular flexibility index (Phi) is 4.83. The van der Waals surface area contributed by atoms with E-state index < -0.39 is 20.0 Å². The number of nitrogens with one attached hydrogen (secondary N) is 1. The molecular weight excluding hydrogens is 412 g/mol. The van der Waals surface area contributed by atoms with E-state index in [4.69, 9.17) is 0 Å². The van der Waals surface area contributed by atoms with Crippen LogP contribution in [0.3, 0.4) is 0 Å². The highest BCUT2D eigenvalue weighted by atomic mass is 32.2. The van der Waals surface area contributed by atoms with Crippen LogP contribution in [0.4, 0.5) is 11.4 Å². The van der Waals surface area contributed by atoms with E-state index >= 15 is 0 Å². The summed E-state index contributed by atoms with van der Waals surface area (Å²) in [6.07, 6.45) is 4.21. The van der Waals surface area contributed by atoms with Crippen LogP contribution < -0.4 is 9.03 Å². The molecule has 2 heterocycles. The number of benzene rings is 2. The van der Waals surface area contributed by atoms with Crippen molar-refractivity contribution in [2.45, 2.75) is 22.8 Å². The lowest BCUT2D eigenvalue weighted by Gasteiger charge is -2.31. The van der Waals surface area contributed by atoms with E-state index in [1.807, 2.05) is 0 Å². The number of nitrogens with zero attached hydrogens (tertiary/aromatic N) is 3. The van der Waals surface area contributed by atoms with Crippen LogP contribution in [0.1, 0.15) is 12.0 Å². The lowest BCUT2D eigenvalue weighted by atomic mass is 10.0. The summed E-state index contributed by atoms with van der Waals surface area (Å²) in [5, 5.41) is -0.105. The number of rotatable bonds is 5. The van der Waals surface area contributed by atoms with E-state index in [0.29, 0.717) is 18.7 Å². The van der Waals surface area contributed by atoms with Gasteiger partial charge in [0, 0.05) is 19.8 Å². The summed E-state index contributed by atoms with van der Waals surface area (Å²) in [5.74, 6) is 0. The Balaban J connectivity index is 1.71. The summed E-state index contributed by atoms with van der Waals surface area (Å²) >= 11 is 0. The van der Waals surface area contributed by atoms with Gasteiger partial charge < -0.3 is 4.57 Å². The first-order valence-corrected chi connectivity index (χ1v) is 11.9. The molecule has 1 N–H and O–H groups in total. The summed E-state index contributed by atoms with van der Waals surface area (Å²) < 4.78 is 56.8. The van der Waals surface area contributed by atoms with Gasteiger partial charge in [0.1, 0.15) is 0 Å². The van der Waals surface area contributed by atoms with Crippen molar-refractivity contribution in [2.24, 2.45) is 7.05 Å². The molecule has 0 aliphatic carbocycles. The third-order valence-corrected chi connectivity index (χ3v) is 7.79. The zero-order valence-electron chi connectivity index (χ0n) is 15.7. The highest BCUT2D eigenvalue weighted by Crippen LogP contribution is 2.34. The van der Waals surface area contributed by atoms with Crippen molar-refractivity contribution < 1.29 is 16.8 Å². The lowest BCUT2D eigenvalue weighted by Crippen LogP contribution is -2.35. The molecule has 0 fully saturated rings. The van der Waals surface area contributed by atoms with Gasteiger partial charge in [-0.3, -0.25) is 9.03 Å². The number of sulfonamides is 2. The Hall–Kier alpha value is -2.85. The van der Waals surface area contributed by atoms with Gasteiger partial charge in [-0.15, -0.1) is 0 Å². The largest absolute Gasteiger partial charge is 0.339 e. The van der Waals surface area contributed by atoms with E-state index in [-0.39, 0.29) is 15.6 Å². The molecule has 1 aromatic heterocycles. The summed E-state index contributed by atoms with van der Waals surface area (Å²) in [6.45, 7) is 0.334. The minimum absolute atomic E-state index is 0.105. The molecule has 0 radical (unpaired) electrons. The molecule has 10 heteroatoms. The second-order valence-corrected chi connectivity index (χ2v) is 10.3. The molecule has 0 unspecified atom stereocenters. The van der Waals surface area contributed by atoms with Gasteiger partial charge in [-0.2, -0.15) is 8.42 Å². The molecule has 152 valence electrons. The van der Waals surface area contributed by atoms with E-state index in [9.17, 15) is 16.8 Å². The zero-order valence-corrected chi connectivity index (χ0v) is 17.3. The average molecular weight is 433 g/mol. The van der Waals surface area contributed by atoms with E-state index in [1.54, 1.807) is 55.6 Å². The minimum atomic E-state index is -3.87. The number of hydrogen-bond donors (Lipinski definition) is 1. The lowest BCUT2D eigenvalue weighted by molar-refractivity contribution is 0.586. The van der Waals surface area contributed by atoms with Crippen molar-refractivity contribution in [1.29, 1.82) is 0 Å². The second kappa shape index (κ2) is 7.20. The molecule has 1 aliphatic heterocycles. The highest BCUT2D eigenvalue weighted by molar-refractivity contribution is 7.93. The zero-order chi connectivity index (χ0) is 20.6. The van der Waals surface area contributed by atoms with Gasteiger partial charge >= 0.3 is 0 Å². The molecule has 0 atom stereocenters. The van der Waals surface area contributed by atoms with Gasteiger partial charge in [-0.25, -0.2) is 13.4 Å². The third-order valence-electron chi connectivity index (χ3n) is 4.70. The second-order valence-electron chi connectivity index (χ2n) is 6.82. The molecule has 8 nitrogen and oxygen atoms in total. The quantitative estimate of drug-likeness (QED) is 0.667. The predicted molar refractivity (Wildman–Crippen MR) is 110 cm³/mol. The van der Waals surface area contributed by atoms with Crippen molar-refractivity contribution in [3.8, 4) is 0 Å². The van der Waals surface area contributed by atoms with Crippen molar-refractivity contribution in [3.63, 3.8) is 0 Å². The molecule has 0 amide bonds. The van der Waals surface area contributed by atoms with Crippen molar-refractivity contribution in [2.75, 3.05) is 15.6 Å². The van der Waals surface area contributed by atoms with Crippen LogP contribution in [0.15, 0.2) is 71.0 Å². The first-order valence-electron chi connectivity index (χ1n) is 8.99. The molecule has 3 aromatic rings. The Morgan fingerprint density at radius 2 is 1.79 bits per heavy atom. The highest BCUT2D eigenvalue weighted by Gasteiger charge is 2.29. The fourth-order valence-electron chi connectivity index (χ4n) is 3.31. The fourth-order valence-corrected chi connectivity index (χ4v) is 5.90. The monoisotopic (exact) mass is 432 g/mol. The number of hydrogen-bond acceptors (Lipinski definition) is 5. The van der Waals surface area contributed by atoms with E-state index in [1.165, 1.54) is 21.4 Å². The average Bonchev–Trinajstić information content (AvgIpc) is 3.15. The van der Waals surface area contributed by atoms with E-state index in [0.717, 1.165) is 12.0 Å². The standard InChI is InChI=1S/C19H20N4O4S2/c1-22-13-19(20-14-22)28(24,25)21-16-10-9-15-6-5-11-23(18(15)12-16)29(26,27)17-7-3-2-4-8-17/h2-4,7-10,12-14,21H,5-6,11H2,1H3. The maximum Gasteiger partial charge on any atom is 0.280 e. The van der Waals surface area contributed by atoms with Crippen molar-refractivity contribution in [3.05, 3.63) is 66.6 Å². The molecule has 1 aliphatic rings. The third kappa shape index (κ3) is 3.73. The molecule has 0 saturated heterocycles. The summed E-state index contributed by atoms with van der Waals surface area (Å²) in [7, 11) is -5.94. The maximum absolute atomic E-state index is 13.1. The van der Waals surface area contributed by atoms with Crippen LogP contribution >= 0.6 is 0 Å². The minimum Gasteiger partial charge on any atom is -0.339 e. The van der Waals surface area contributed by atoms with E-state index in [2.05, 4.69) is 9.71 Å². The van der Waals surface area contributed by atoms with Crippen LogP contribution in [-0.4, -0.2) is 32.9 Å². The van der Waals surface area contributed by atoms with Crippen LogP contribution in [0.5, 0.6) is 0 Å². The van der Waals surface area contributed by atoms with Gasteiger partial charge in [-0.1, -0.05) is 24.3 Å². The maximum atomic E-state index is 13.1. The van der Waals surface area contributed by atoms with Gasteiger partial charge in [0.15, 0.2) is 5.03 Å². The first kappa shape index (κ1) is 19.5. The Morgan fingerprint density at radius 3 is 2.48 bits per heavy atom. The Bertz CT molecular complexity index is 1250. The first-order chi connectivity index (χ1) is 13.8. The van der Waals surface area contributed by atoms with Crippen molar-refractivity contribution >= 4 is 31.4 Å². The molecule has 4 rings (SSSR count). The van der Waals surface area contributed by atoms with Crippen molar-refractivity contribution in [1.82, 2.24) is 9.55 Å².